The predicted molar refractivity (Wildman–Crippen MR) is 97.1 cm³/mol. The van der Waals surface area contributed by atoms with Crippen LogP contribution in [0.15, 0.2) is 22.8 Å². The van der Waals surface area contributed by atoms with Crippen molar-refractivity contribution in [1.29, 1.82) is 0 Å². The van der Waals surface area contributed by atoms with E-state index in [1.54, 1.807) is 6.26 Å². The van der Waals surface area contributed by atoms with Gasteiger partial charge in [-0.15, -0.1) is 12.4 Å². The van der Waals surface area contributed by atoms with Crippen LogP contribution in [0.25, 0.3) is 11.0 Å². The molecule has 1 aromatic heterocycles. The van der Waals surface area contributed by atoms with Crippen molar-refractivity contribution in [2.75, 3.05) is 6.54 Å². The standard InChI is InChI=1S/C18H26N2O2.ClH/c1-11(2)7-15(9-19)20-17(21)8-14-10-22-18-13(4)12(3)5-6-16(14)18;/h5-6,10-11,15H,7-9,19H2,1-4H3,(H,20,21);1H. The Labute approximate surface area is 144 Å². The van der Waals surface area contributed by atoms with Crippen molar-refractivity contribution in [3.05, 3.63) is 35.1 Å². The SMILES string of the molecule is Cc1ccc2c(CC(=O)NC(CN)CC(C)C)coc2c1C.Cl. The van der Waals surface area contributed by atoms with Gasteiger partial charge in [-0.25, -0.2) is 0 Å². The summed E-state index contributed by atoms with van der Waals surface area (Å²) in [5.74, 6) is 0.506. The minimum atomic E-state index is -0.00275. The second-order valence-electron chi connectivity index (χ2n) is 6.45. The number of fused-ring (bicyclic) bond motifs is 1. The molecule has 128 valence electrons. The summed E-state index contributed by atoms with van der Waals surface area (Å²) in [5.41, 5.74) is 9.86. The quantitative estimate of drug-likeness (QED) is 0.847. The third-order valence-electron chi connectivity index (χ3n) is 4.10. The normalized spacial score (nSPS) is 12.3. The van der Waals surface area contributed by atoms with Gasteiger partial charge in [-0.3, -0.25) is 4.79 Å². The second-order valence-corrected chi connectivity index (χ2v) is 6.45. The van der Waals surface area contributed by atoms with Crippen molar-refractivity contribution in [1.82, 2.24) is 5.32 Å². The molecule has 0 aliphatic carbocycles. The molecule has 4 nitrogen and oxygen atoms in total. The Bertz CT molecular complexity index is 664. The summed E-state index contributed by atoms with van der Waals surface area (Å²) in [6.07, 6.45) is 2.91. The minimum absolute atomic E-state index is 0. The van der Waals surface area contributed by atoms with Crippen molar-refractivity contribution in [3.8, 4) is 0 Å². The molecule has 1 unspecified atom stereocenters. The average Bonchev–Trinajstić information content (AvgIpc) is 2.85. The lowest BCUT2D eigenvalue weighted by Crippen LogP contribution is -2.41. The third-order valence-corrected chi connectivity index (χ3v) is 4.10. The number of rotatable bonds is 6. The fraction of sp³-hybridized carbons (Fsp3) is 0.500. The summed E-state index contributed by atoms with van der Waals surface area (Å²) in [7, 11) is 0. The molecule has 0 aliphatic rings. The van der Waals surface area contributed by atoms with Crippen LogP contribution < -0.4 is 11.1 Å². The molecule has 23 heavy (non-hydrogen) atoms. The maximum atomic E-state index is 12.2. The molecule has 0 aliphatic heterocycles. The molecule has 0 saturated carbocycles. The number of hydrogen-bond donors (Lipinski definition) is 2. The van der Waals surface area contributed by atoms with Gasteiger partial charge in [0, 0.05) is 23.5 Å². The van der Waals surface area contributed by atoms with Gasteiger partial charge in [0.1, 0.15) is 5.58 Å². The predicted octanol–water partition coefficient (Wildman–Crippen LogP) is 3.50. The van der Waals surface area contributed by atoms with E-state index in [9.17, 15) is 4.79 Å². The van der Waals surface area contributed by atoms with Crippen molar-refractivity contribution in [2.24, 2.45) is 11.7 Å². The Kier molecular flexibility index (Phi) is 7.10. The van der Waals surface area contributed by atoms with E-state index >= 15 is 0 Å². The Morgan fingerprint density at radius 2 is 2.00 bits per heavy atom. The van der Waals surface area contributed by atoms with Gasteiger partial charge >= 0.3 is 0 Å². The lowest BCUT2D eigenvalue weighted by Gasteiger charge is -2.18. The van der Waals surface area contributed by atoms with Crippen LogP contribution in [0.2, 0.25) is 0 Å². The fourth-order valence-electron chi connectivity index (χ4n) is 2.76. The van der Waals surface area contributed by atoms with E-state index in [1.807, 2.05) is 13.0 Å². The summed E-state index contributed by atoms with van der Waals surface area (Å²) in [5, 5.41) is 4.04. The first-order valence-electron chi connectivity index (χ1n) is 7.88. The molecule has 3 N–H and O–H groups in total. The van der Waals surface area contributed by atoms with Gasteiger partial charge in [-0.1, -0.05) is 26.0 Å². The summed E-state index contributed by atoms with van der Waals surface area (Å²) in [4.78, 5) is 12.2. The number of furan rings is 1. The summed E-state index contributed by atoms with van der Waals surface area (Å²) < 4.78 is 5.65. The molecule has 1 amide bonds. The minimum Gasteiger partial charge on any atom is -0.464 e. The van der Waals surface area contributed by atoms with Crippen LogP contribution in [0.5, 0.6) is 0 Å². The molecular formula is C18H27ClN2O2. The molecular weight excluding hydrogens is 312 g/mol. The Morgan fingerprint density at radius 1 is 1.30 bits per heavy atom. The molecule has 5 heteroatoms. The first kappa shape index (κ1) is 19.5. The number of aryl methyl sites for hydroxylation is 2. The summed E-state index contributed by atoms with van der Waals surface area (Å²) in [6.45, 7) is 8.82. The zero-order valence-corrected chi connectivity index (χ0v) is 15.1. The topological polar surface area (TPSA) is 68.3 Å². The van der Waals surface area contributed by atoms with Gasteiger partial charge < -0.3 is 15.5 Å². The molecule has 0 fully saturated rings. The van der Waals surface area contributed by atoms with Gasteiger partial charge in [0.2, 0.25) is 5.91 Å². The van der Waals surface area contributed by atoms with E-state index in [2.05, 4.69) is 32.2 Å². The van der Waals surface area contributed by atoms with Gasteiger partial charge in [-0.2, -0.15) is 0 Å². The highest BCUT2D eigenvalue weighted by Gasteiger charge is 2.16. The monoisotopic (exact) mass is 338 g/mol. The van der Waals surface area contributed by atoms with Crippen LogP contribution in [-0.4, -0.2) is 18.5 Å². The Morgan fingerprint density at radius 3 is 2.61 bits per heavy atom. The van der Waals surface area contributed by atoms with Crippen LogP contribution in [0.1, 0.15) is 37.0 Å². The summed E-state index contributed by atoms with van der Waals surface area (Å²) in [6, 6.07) is 4.13. The Hall–Kier alpha value is -1.52. The maximum Gasteiger partial charge on any atom is 0.224 e. The van der Waals surface area contributed by atoms with E-state index < -0.39 is 0 Å². The number of nitrogens with two attached hydrogens (primary N) is 1. The van der Waals surface area contributed by atoms with Crippen LogP contribution >= 0.6 is 12.4 Å². The largest absolute Gasteiger partial charge is 0.464 e. The number of carbonyl (C=O) groups excluding carboxylic acids is 1. The lowest BCUT2D eigenvalue weighted by molar-refractivity contribution is -0.121. The first-order valence-corrected chi connectivity index (χ1v) is 7.88. The van der Waals surface area contributed by atoms with E-state index in [0.29, 0.717) is 18.9 Å². The molecule has 1 aromatic carbocycles. The molecule has 0 bridgehead atoms. The molecule has 2 aromatic rings. The third kappa shape index (κ3) is 4.72. The van der Waals surface area contributed by atoms with Crippen LogP contribution in [0.4, 0.5) is 0 Å². The summed E-state index contributed by atoms with van der Waals surface area (Å²) >= 11 is 0. The van der Waals surface area contributed by atoms with Crippen LogP contribution in [0.3, 0.4) is 0 Å². The zero-order valence-electron chi connectivity index (χ0n) is 14.3. The molecule has 2 rings (SSSR count). The number of halogens is 1. The smallest absolute Gasteiger partial charge is 0.224 e. The van der Waals surface area contributed by atoms with Crippen molar-refractivity contribution < 1.29 is 9.21 Å². The molecule has 1 atom stereocenters. The highest BCUT2D eigenvalue weighted by Crippen LogP contribution is 2.26. The van der Waals surface area contributed by atoms with Crippen molar-refractivity contribution >= 4 is 29.3 Å². The highest BCUT2D eigenvalue weighted by molar-refractivity contribution is 5.89. The molecule has 0 radical (unpaired) electrons. The fourth-order valence-corrected chi connectivity index (χ4v) is 2.76. The first-order chi connectivity index (χ1) is 10.4. The zero-order chi connectivity index (χ0) is 16.3. The second kappa shape index (κ2) is 8.37. The van der Waals surface area contributed by atoms with E-state index in [0.717, 1.165) is 28.5 Å². The average molecular weight is 339 g/mol. The van der Waals surface area contributed by atoms with Crippen LogP contribution in [0, 0.1) is 19.8 Å². The van der Waals surface area contributed by atoms with Gasteiger partial charge in [-0.05, 0) is 37.3 Å². The maximum absolute atomic E-state index is 12.2. The van der Waals surface area contributed by atoms with E-state index in [-0.39, 0.29) is 24.4 Å². The van der Waals surface area contributed by atoms with E-state index in [1.165, 1.54) is 5.56 Å². The van der Waals surface area contributed by atoms with Crippen molar-refractivity contribution in [2.45, 2.75) is 46.6 Å². The Balaban J connectivity index is 0.00000264. The van der Waals surface area contributed by atoms with Gasteiger partial charge in [0.05, 0.1) is 12.7 Å². The number of amides is 1. The molecule has 0 spiro atoms. The van der Waals surface area contributed by atoms with Gasteiger partial charge in [0.15, 0.2) is 0 Å². The van der Waals surface area contributed by atoms with Crippen molar-refractivity contribution in [3.63, 3.8) is 0 Å². The number of benzene rings is 1. The number of nitrogens with one attached hydrogen (secondary N) is 1. The number of hydrogen-bond acceptors (Lipinski definition) is 3. The van der Waals surface area contributed by atoms with E-state index in [4.69, 9.17) is 10.2 Å². The van der Waals surface area contributed by atoms with Crippen LogP contribution in [-0.2, 0) is 11.2 Å². The van der Waals surface area contributed by atoms with Gasteiger partial charge in [0.25, 0.3) is 0 Å². The number of carbonyl (C=O) groups is 1. The lowest BCUT2D eigenvalue weighted by atomic mass is 10.0. The highest BCUT2D eigenvalue weighted by atomic mass is 35.5. The molecule has 0 saturated heterocycles. The molecule has 1 heterocycles.